The molecule has 0 aromatic carbocycles. The molecule has 2 amide bonds. The smallest absolute Gasteiger partial charge is 0.328 e. The molecule has 0 rings (SSSR count). The first kappa shape index (κ1) is 19.6. The Morgan fingerprint density at radius 1 is 0.818 bits per heavy atom. The molecule has 0 aliphatic heterocycles. The molecule has 0 radical (unpaired) electrons. The van der Waals surface area contributed by atoms with E-state index in [-0.39, 0.29) is 24.7 Å². The zero-order valence-corrected chi connectivity index (χ0v) is 13.2. The topological polar surface area (TPSA) is 111 Å². The van der Waals surface area contributed by atoms with Gasteiger partial charge in [0.15, 0.2) is 0 Å². The maximum Gasteiger partial charge on any atom is 0.328 e. The number of carbonyl (C=O) groups excluding carboxylic acids is 4. The van der Waals surface area contributed by atoms with Gasteiger partial charge >= 0.3 is 11.9 Å². The van der Waals surface area contributed by atoms with Crippen molar-refractivity contribution in [3.8, 4) is 0 Å². The van der Waals surface area contributed by atoms with E-state index in [9.17, 15) is 19.2 Å². The Balaban J connectivity index is 4.59. The van der Waals surface area contributed by atoms with E-state index in [2.05, 4.69) is 20.1 Å². The van der Waals surface area contributed by atoms with Crippen LogP contribution in [-0.4, -0.2) is 50.1 Å². The molecule has 2 N–H and O–H groups in total. The Labute approximate surface area is 129 Å². The lowest BCUT2D eigenvalue weighted by Gasteiger charge is -2.14. The quantitative estimate of drug-likeness (QED) is 0.469. The molecule has 22 heavy (non-hydrogen) atoms. The lowest BCUT2D eigenvalue weighted by Crippen LogP contribution is -2.40. The predicted molar refractivity (Wildman–Crippen MR) is 77.6 cm³/mol. The highest BCUT2D eigenvalue weighted by Gasteiger charge is 2.20. The number of amides is 2. The summed E-state index contributed by atoms with van der Waals surface area (Å²) < 4.78 is 9.16. The second-order valence-corrected chi connectivity index (χ2v) is 4.50. The van der Waals surface area contributed by atoms with Gasteiger partial charge in [-0.15, -0.1) is 0 Å². The van der Waals surface area contributed by atoms with E-state index in [1.807, 2.05) is 0 Å². The van der Waals surface area contributed by atoms with Crippen LogP contribution in [0.1, 0.15) is 26.7 Å². The maximum atomic E-state index is 11.5. The fourth-order valence-corrected chi connectivity index (χ4v) is 1.67. The van der Waals surface area contributed by atoms with Crippen LogP contribution in [0.2, 0.25) is 0 Å². The number of methoxy groups -OCH3 is 2. The molecule has 0 aromatic rings. The molecule has 0 fully saturated rings. The third-order valence-electron chi connectivity index (χ3n) is 2.64. The molecule has 0 unspecified atom stereocenters. The normalized spacial score (nSPS) is 13.1. The molecule has 0 saturated heterocycles. The zero-order valence-electron chi connectivity index (χ0n) is 13.2. The minimum absolute atomic E-state index is 0.209. The first-order valence-electron chi connectivity index (χ1n) is 6.66. The Kier molecular flexibility index (Phi) is 9.24. The third kappa shape index (κ3) is 8.03. The van der Waals surface area contributed by atoms with Crippen molar-refractivity contribution in [2.45, 2.75) is 38.8 Å². The summed E-state index contributed by atoms with van der Waals surface area (Å²) >= 11 is 0. The highest BCUT2D eigenvalue weighted by molar-refractivity contribution is 5.84. The molecule has 8 heteroatoms. The average Bonchev–Trinajstić information content (AvgIpc) is 2.46. The van der Waals surface area contributed by atoms with Crippen LogP contribution in [0.3, 0.4) is 0 Å². The zero-order chi connectivity index (χ0) is 17.1. The van der Waals surface area contributed by atoms with E-state index >= 15 is 0 Å². The van der Waals surface area contributed by atoms with E-state index in [4.69, 9.17) is 0 Å². The first-order chi connectivity index (χ1) is 10.3. The van der Waals surface area contributed by atoms with Gasteiger partial charge < -0.3 is 20.1 Å². The van der Waals surface area contributed by atoms with Crippen molar-refractivity contribution in [1.82, 2.24) is 10.6 Å². The van der Waals surface area contributed by atoms with Crippen LogP contribution < -0.4 is 10.6 Å². The number of hydrogen-bond donors (Lipinski definition) is 2. The summed E-state index contributed by atoms with van der Waals surface area (Å²) in [4.78, 5) is 45.0. The monoisotopic (exact) mass is 314 g/mol. The van der Waals surface area contributed by atoms with Crippen molar-refractivity contribution in [2.24, 2.45) is 0 Å². The van der Waals surface area contributed by atoms with Crippen molar-refractivity contribution < 1.29 is 28.7 Å². The Hall–Kier alpha value is -2.38. The van der Waals surface area contributed by atoms with Crippen LogP contribution >= 0.6 is 0 Å². The SMILES string of the molecule is COC(=O)[C@H](C/C=C\C[C@H](NC(C)=O)C(=O)OC)NC(C)=O. The molecule has 2 atom stereocenters. The van der Waals surface area contributed by atoms with Crippen molar-refractivity contribution in [3.63, 3.8) is 0 Å². The highest BCUT2D eigenvalue weighted by atomic mass is 16.5. The fraction of sp³-hybridized carbons (Fsp3) is 0.571. The van der Waals surface area contributed by atoms with Gasteiger partial charge in [-0.3, -0.25) is 9.59 Å². The van der Waals surface area contributed by atoms with E-state index in [1.54, 1.807) is 12.2 Å². The van der Waals surface area contributed by atoms with Gasteiger partial charge in [0.2, 0.25) is 11.8 Å². The number of nitrogens with one attached hydrogen (secondary N) is 2. The molecular formula is C14H22N2O6. The van der Waals surface area contributed by atoms with Crippen molar-refractivity contribution in [2.75, 3.05) is 14.2 Å². The molecule has 0 spiro atoms. The van der Waals surface area contributed by atoms with Gasteiger partial charge in [0, 0.05) is 13.8 Å². The maximum absolute atomic E-state index is 11.5. The Bertz CT molecular complexity index is 407. The Morgan fingerprint density at radius 2 is 1.14 bits per heavy atom. The van der Waals surface area contributed by atoms with Gasteiger partial charge in [0.1, 0.15) is 12.1 Å². The number of rotatable bonds is 8. The van der Waals surface area contributed by atoms with Gasteiger partial charge in [0.05, 0.1) is 14.2 Å². The van der Waals surface area contributed by atoms with E-state index in [1.165, 1.54) is 28.1 Å². The lowest BCUT2D eigenvalue weighted by atomic mass is 10.1. The van der Waals surface area contributed by atoms with Gasteiger partial charge in [0.25, 0.3) is 0 Å². The second-order valence-electron chi connectivity index (χ2n) is 4.50. The van der Waals surface area contributed by atoms with Crippen molar-refractivity contribution in [1.29, 1.82) is 0 Å². The summed E-state index contributed by atoms with van der Waals surface area (Å²) in [7, 11) is 2.45. The lowest BCUT2D eigenvalue weighted by molar-refractivity contribution is -0.145. The minimum Gasteiger partial charge on any atom is -0.467 e. The minimum atomic E-state index is -0.795. The van der Waals surface area contributed by atoms with Crippen molar-refractivity contribution in [3.05, 3.63) is 12.2 Å². The highest BCUT2D eigenvalue weighted by Crippen LogP contribution is 2.01. The van der Waals surface area contributed by atoms with Crippen LogP contribution in [0.15, 0.2) is 12.2 Å². The second kappa shape index (κ2) is 10.4. The largest absolute Gasteiger partial charge is 0.467 e. The summed E-state index contributed by atoms with van der Waals surface area (Å²) in [6.45, 7) is 2.59. The molecule has 0 aliphatic rings. The van der Waals surface area contributed by atoms with E-state index in [0.29, 0.717) is 0 Å². The summed E-state index contributed by atoms with van der Waals surface area (Å²) in [6.07, 6.45) is 3.66. The van der Waals surface area contributed by atoms with Crippen LogP contribution in [0.4, 0.5) is 0 Å². The summed E-state index contributed by atoms with van der Waals surface area (Å²) in [5, 5.41) is 4.92. The molecule has 0 aliphatic carbocycles. The van der Waals surface area contributed by atoms with Crippen LogP contribution in [0.5, 0.6) is 0 Å². The number of hydrogen-bond acceptors (Lipinski definition) is 6. The fourth-order valence-electron chi connectivity index (χ4n) is 1.67. The van der Waals surface area contributed by atoms with Crippen molar-refractivity contribution >= 4 is 23.8 Å². The van der Waals surface area contributed by atoms with E-state index < -0.39 is 24.0 Å². The van der Waals surface area contributed by atoms with Crippen LogP contribution in [0.25, 0.3) is 0 Å². The molecule has 0 heterocycles. The number of carbonyl (C=O) groups is 4. The van der Waals surface area contributed by atoms with E-state index in [0.717, 1.165) is 0 Å². The average molecular weight is 314 g/mol. The molecule has 0 bridgehead atoms. The molecule has 0 aromatic heterocycles. The summed E-state index contributed by atoms with van der Waals surface area (Å²) in [6, 6.07) is -1.59. The predicted octanol–water partition coefficient (Wildman–Crippen LogP) is -0.322. The van der Waals surface area contributed by atoms with Gasteiger partial charge in [-0.1, -0.05) is 12.2 Å². The first-order valence-corrected chi connectivity index (χ1v) is 6.66. The van der Waals surface area contributed by atoms with Crippen LogP contribution in [0, 0.1) is 0 Å². The summed E-state index contributed by atoms with van der Waals surface area (Å²) in [5.41, 5.74) is 0. The van der Waals surface area contributed by atoms with Gasteiger partial charge in [-0.25, -0.2) is 9.59 Å². The number of ether oxygens (including phenoxy) is 2. The van der Waals surface area contributed by atoms with Gasteiger partial charge in [-0.2, -0.15) is 0 Å². The third-order valence-corrected chi connectivity index (χ3v) is 2.64. The molecule has 0 saturated carbocycles. The standard InChI is InChI=1S/C14H22N2O6/c1-9(17)15-11(13(19)21-3)7-5-6-8-12(14(20)22-4)16-10(2)18/h5-6,11-12H,7-8H2,1-4H3,(H,15,17)(H,16,18)/b6-5-/t11-,12-/m0/s1. The van der Waals surface area contributed by atoms with Gasteiger partial charge in [-0.05, 0) is 12.8 Å². The van der Waals surface area contributed by atoms with Crippen LogP contribution in [-0.2, 0) is 28.7 Å². The Morgan fingerprint density at radius 3 is 1.36 bits per heavy atom. The molecular weight excluding hydrogens is 292 g/mol. The molecule has 8 nitrogen and oxygen atoms in total. The summed E-state index contributed by atoms with van der Waals surface area (Å²) in [5.74, 6) is -1.83. The number of esters is 2. The molecule has 124 valence electrons.